The molecule has 1 saturated heterocycles. The van der Waals surface area contributed by atoms with E-state index in [0.717, 1.165) is 42.1 Å². The fourth-order valence-corrected chi connectivity index (χ4v) is 5.39. The SMILES string of the molecule is Fc1cc(-c2ccc(OCc3ccccc3)nc2OCc2ccccc2)cnc1N1CCC(c2ccc(Cl)cc2)CC1. The molecule has 5 nitrogen and oxygen atoms in total. The van der Waals surface area contributed by atoms with E-state index in [1.807, 2.05) is 83.8 Å². The van der Waals surface area contributed by atoms with Crippen molar-refractivity contribution in [3.63, 3.8) is 0 Å². The largest absolute Gasteiger partial charge is 0.473 e. The Bertz CT molecular complexity index is 1610. The predicted molar refractivity (Wildman–Crippen MR) is 165 cm³/mol. The number of ether oxygens (including phenoxy) is 2. The Hall–Kier alpha value is -4.42. The standard InChI is InChI=1S/C35H31ClFN3O2/c36-30-13-11-27(12-14-30)28-17-19-40(20-18-28)34-32(37)21-29(22-38-34)31-15-16-33(41-23-25-7-3-1-4-8-25)39-35(31)42-24-26-9-5-2-6-10-26/h1-16,21-22,28H,17-20,23-24H2. The van der Waals surface area contributed by atoms with Crippen LogP contribution in [0.2, 0.25) is 5.02 Å². The molecular weight excluding hydrogens is 549 g/mol. The van der Waals surface area contributed by atoms with Crippen LogP contribution in [-0.4, -0.2) is 23.1 Å². The number of anilines is 1. The molecule has 7 heteroatoms. The summed E-state index contributed by atoms with van der Waals surface area (Å²) in [6.07, 6.45) is 3.55. The maximum atomic E-state index is 15.6. The normalized spacial score (nSPS) is 13.6. The van der Waals surface area contributed by atoms with Gasteiger partial charge in [-0.1, -0.05) is 84.4 Å². The van der Waals surface area contributed by atoms with Crippen LogP contribution in [0.5, 0.6) is 11.8 Å². The smallest absolute Gasteiger partial charge is 0.225 e. The topological polar surface area (TPSA) is 47.5 Å². The van der Waals surface area contributed by atoms with Crippen LogP contribution >= 0.6 is 11.6 Å². The molecule has 0 unspecified atom stereocenters. The first-order chi connectivity index (χ1) is 20.6. The second-order valence-corrected chi connectivity index (χ2v) is 10.8. The summed E-state index contributed by atoms with van der Waals surface area (Å²) in [6, 6.07) is 32.9. The van der Waals surface area contributed by atoms with Gasteiger partial charge in [0.2, 0.25) is 11.8 Å². The molecule has 2 aromatic heterocycles. The second-order valence-electron chi connectivity index (χ2n) is 10.4. The third kappa shape index (κ3) is 6.72. The summed E-state index contributed by atoms with van der Waals surface area (Å²) in [4.78, 5) is 11.2. The number of benzene rings is 3. The zero-order chi connectivity index (χ0) is 28.7. The summed E-state index contributed by atoms with van der Waals surface area (Å²) >= 11 is 6.05. The highest BCUT2D eigenvalue weighted by atomic mass is 35.5. The fourth-order valence-electron chi connectivity index (χ4n) is 5.26. The van der Waals surface area contributed by atoms with Crippen LogP contribution in [0.15, 0.2) is 109 Å². The molecule has 1 fully saturated rings. The van der Waals surface area contributed by atoms with Gasteiger partial charge in [-0.05, 0) is 59.7 Å². The van der Waals surface area contributed by atoms with E-state index in [-0.39, 0.29) is 5.82 Å². The molecule has 0 radical (unpaired) electrons. The van der Waals surface area contributed by atoms with Crippen molar-refractivity contribution in [3.8, 4) is 22.9 Å². The van der Waals surface area contributed by atoms with Crippen LogP contribution < -0.4 is 14.4 Å². The zero-order valence-corrected chi connectivity index (χ0v) is 23.9. The van der Waals surface area contributed by atoms with Crippen LogP contribution in [0.1, 0.15) is 35.4 Å². The lowest BCUT2D eigenvalue weighted by Gasteiger charge is -2.33. The number of hydrogen-bond acceptors (Lipinski definition) is 5. The Kier molecular flexibility index (Phi) is 8.61. The number of pyridine rings is 2. The van der Waals surface area contributed by atoms with Gasteiger partial charge in [-0.15, -0.1) is 0 Å². The van der Waals surface area contributed by atoms with Crippen LogP contribution in [0.4, 0.5) is 10.2 Å². The third-order valence-electron chi connectivity index (χ3n) is 7.55. The first-order valence-electron chi connectivity index (χ1n) is 14.1. The van der Waals surface area contributed by atoms with Crippen molar-refractivity contribution < 1.29 is 13.9 Å². The zero-order valence-electron chi connectivity index (χ0n) is 23.1. The highest BCUT2D eigenvalue weighted by Crippen LogP contribution is 2.35. The van der Waals surface area contributed by atoms with E-state index in [1.54, 1.807) is 12.3 Å². The van der Waals surface area contributed by atoms with Gasteiger partial charge in [0, 0.05) is 41.5 Å². The molecule has 1 aliphatic heterocycles. The maximum Gasteiger partial charge on any atom is 0.225 e. The van der Waals surface area contributed by atoms with Gasteiger partial charge >= 0.3 is 0 Å². The molecule has 6 rings (SSSR count). The van der Waals surface area contributed by atoms with Gasteiger partial charge in [0.1, 0.15) is 13.2 Å². The van der Waals surface area contributed by atoms with Crippen LogP contribution in [-0.2, 0) is 13.2 Å². The van der Waals surface area contributed by atoms with E-state index in [9.17, 15) is 0 Å². The van der Waals surface area contributed by atoms with Gasteiger partial charge in [-0.2, -0.15) is 4.98 Å². The summed E-state index contributed by atoms with van der Waals surface area (Å²) in [5.41, 5.74) is 4.56. The molecule has 212 valence electrons. The quantitative estimate of drug-likeness (QED) is 0.175. The molecular formula is C35H31ClFN3O2. The Morgan fingerprint density at radius 1 is 0.786 bits per heavy atom. The summed E-state index contributed by atoms with van der Waals surface area (Å²) in [5.74, 6) is 1.23. The molecule has 42 heavy (non-hydrogen) atoms. The number of piperidine rings is 1. The van der Waals surface area contributed by atoms with Gasteiger partial charge in [0.25, 0.3) is 0 Å². The maximum absolute atomic E-state index is 15.6. The molecule has 1 aliphatic rings. The van der Waals surface area contributed by atoms with E-state index >= 15 is 4.39 Å². The molecule has 0 amide bonds. The number of hydrogen-bond donors (Lipinski definition) is 0. The first-order valence-corrected chi connectivity index (χ1v) is 14.5. The summed E-state index contributed by atoms with van der Waals surface area (Å²) < 4.78 is 27.7. The molecule has 0 atom stereocenters. The summed E-state index contributed by atoms with van der Waals surface area (Å²) in [6.45, 7) is 2.17. The van der Waals surface area contributed by atoms with Gasteiger partial charge in [-0.3, -0.25) is 0 Å². The van der Waals surface area contributed by atoms with E-state index in [4.69, 9.17) is 21.1 Å². The Morgan fingerprint density at radius 3 is 2.07 bits per heavy atom. The molecule has 3 aromatic carbocycles. The second kappa shape index (κ2) is 13.0. The molecule has 0 bridgehead atoms. The monoisotopic (exact) mass is 579 g/mol. The Labute approximate surface area is 250 Å². The van der Waals surface area contributed by atoms with Gasteiger partial charge in [-0.25, -0.2) is 9.37 Å². The van der Waals surface area contributed by atoms with Crippen molar-refractivity contribution in [2.24, 2.45) is 0 Å². The number of aromatic nitrogens is 2. The molecule has 0 spiro atoms. The number of nitrogens with zero attached hydrogens (tertiary/aromatic N) is 3. The highest BCUT2D eigenvalue weighted by molar-refractivity contribution is 6.30. The van der Waals surface area contributed by atoms with Crippen molar-refractivity contribution in [1.29, 1.82) is 0 Å². The summed E-state index contributed by atoms with van der Waals surface area (Å²) in [5, 5.41) is 0.737. The lowest BCUT2D eigenvalue weighted by atomic mass is 9.89. The van der Waals surface area contributed by atoms with E-state index in [1.165, 1.54) is 11.6 Å². The Morgan fingerprint density at radius 2 is 1.43 bits per heavy atom. The van der Waals surface area contributed by atoms with Crippen molar-refractivity contribution in [2.45, 2.75) is 32.0 Å². The van der Waals surface area contributed by atoms with E-state index in [2.05, 4.69) is 22.1 Å². The van der Waals surface area contributed by atoms with E-state index < -0.39 is 0 Å². The molecule has 0 N–H and O–H groups in total. The van der Waals surface area contributed by atoms with Gasteiger partial charge < -0.3 is 14.4 Å². The van der Waals surface area contributed by atoms with Gasteiger partial charge in [0.15, 0.2) is 11.6 Å². The van der Waals surface area contributed by atoms with Crippen molar-refractivity contribution in [3.05, 3.63) is 137 Å². The lowest BCUT2D eigenvalue weighted by Crippen LogP contribution is -2.34. The Balaban J connectivity index is 1.20. The van der Waals surface area contributed by atoms with E-state index in [0.29, 0.717) is 47.8 Å². The number of rotatable bonds is 9. The molecule has 3 heterocycles. The average molecular weight is 580 g/mol. The fraction of sp³-hybridized carbons (Fsp3) is 0.200. The van der Waals surface area contributed by atoms with Crippen LogP contribution in [0, 0.1) is 5.82 Å². The predicted octanol–water partition coefficient (Wildman–Crippen LogP) is 8.48. The average Bonchev–Trinajstić information content (AvgIpc) is 3.04. The minimum Gasteiger partial charge on any atom is -0.473 e. The molecule has 0 saturated carbocycles. The van der Waals surface area contributed by atoms with Crippen molar-refractivity contribution in [1.82, 2.24) is 9.97 Å². The van der Waals surface area contributed by atoms with Crippen molar-refractivity contribution in [2.75, 3.05) is 18.0 Å². The number of halogens is 2. The van der Waals surface area contributed by atoms with Crippen LogP contribution in [0.25, 0.3) is 11.1 Å². The first kappa shape index (κ1) is 27.7. The lowest BCUT2D eigenvalue weighted by molar-refractivity contribution is 0.268. The summed E-state index contributed by atoms with van der Waals surface area (Å²) in [7, 11) is 0. The van der Waals surface area contributed by atoms with Crippen molar-refractivity contribution >= 4 is 17.4 Å². The highest BCUT2D eigenvalue weighted by Gasteiger charge is 2.24. The molecule has 0 aliphatic carbocycles. The third-order valence-corrected chi connectivity index (χ3v) is 7.80. The van der Waals surface area contributed by atoms with Crippen LogP contribution in [0.3, 0.4) is 0 Å². The van der Waals surface area contributed by atoms with Gasteiger partial charge in [0.05, 0.1) is 0 Å². The minimum absolute atomic E-state index is 0.319. The molecule has 5 aromatic rings. The minimum atomic E-state index is -0.365.